The predicted molar refractivity (Wildman–Crippen MR) is 276 cm³/mol. The van der Waals surface area contributed by atoms with E-state index in [4.69, 9.17) is 33.2 Å². The molecule has 3 heterocycles. The molecular formula is C57H93NO13. The molecule has 1 amide bonds. The number of ketones is 2. The van der Waals surface area contributed by atoms with Crippen molar-refractivity contribution in [1.29, 1.82) is 0 Å². The SMILES string of the molecule is C=C1[C@H](C)C[C@H](C)/C=C/C=C/C=C(\C)[C@@H](OC)C[C@@H]2CC[C@@H](C)[C@@](O)(O2)C(=O)C(=O)N2CCCC[C@H]2C(=O)O[C@H]([C@H](C)C[C@@H]2CC[C@@H](OCCOC)[C@H](OC)C2)CC(=O)[C@H](C)/C=C(\C)[C@@H](O)[C@H]1OC.CC. The summed E-state index contributed by atoms with van der Waals surface area (Å²) < 4.78 is 41.4. The zero-order valence-electron chi connectivity index (χ0n) is 45.7. The Bertz CT molecular complexity index is 1820. The summed E-state index contributed by atoms with van der Waals surface area (Å²) in [6.07, 6.45) is 14.2. The molecule has 1 aliphatic carbocycles. The first-order valence-electron chi connectivity index (χ1n) is 26.5. The van der Waals surface area contributed by atoms with Gasteiger partial charge in [-0.2, -0.15) is 0 Å². The van der Waals surface area contributed by atoms with Gasteiger partial charge in [-0.25, -0.2) is 4.79 Å². The number of cyclic esters (lactones) is 1. The number of aliphatic hydroxyl groups is 2. The van der Waals surface area contributed by atoms with Crippen LogP contribution in [0, 0.1) is 35.5 Å². The molecule has 0 spiro atoms. The van der Waals surface area contributed by atoms with Crippen LogP contribution >= 0.6 is 0 Å². The lowest BCUT2D eigenvalue weighted by Crippen LogP contribution is -2.61. The van der Waals surface area contributed by atoms with E-state index in [9.17, 15) is 29.4 Å². The van der Waals surface area contributed by atoms with Crippen molar-refractivity contribution in [3.05, 3.63) is 59.8 Å². The van der Waals surface area contributed by atoms with Crippen molar-refractivity contribution >= 4 is 23.4 Å². The van der Waals surface area contributed by atoms with Crippen LogP contribution in [0.25, 0.3) is 0 Å². The Morgan fingerprint density at radius 1 is 0.845 bits per heavy atom. The van der Waals surface area contributed by atoms with E-state index >= 15 is 0 Å². The van der Waals surface area contributed by atoms with Crippen LogP contribution in [0.1, 0.15) is 139 Å². The van der Waals surface area contributed by atoms with Gasteiger partial charge in [0.1, 0.15) is 30.1 Å². The lowest BCUT2D eigenvalue weighted by atomic mass is 9.78. The van der Waals surface area contributed by atoms with Crippen LogP contribution in [0.3, 0.4) is 0 Å². The summed E-state index contributed by atoms with van der Waals surface area (Å²) in [4.78, 5) is 58.7. The van der Waals surface area contributed by atoms with Crippen molar-refractivity contribution in [3.63, 3.8) is 0 Å². The van der Waals surface area contributed by atoms with E-state index in [0.29, 0.717) is 57.3 Å². The highest BCUT2D eigenvalue weighted by Crippen LogP contribution is 2.38. The number of allylic oxidation sites excluding steroid dienone is 6. The molecule has 2 saturated heterocycles. The van der Waals surface area contributed by atoms with Gasteiger partial charge in [-0.3, -0.25) is 14.4 Å². The Balaban J connectivity index is 0.00000657. The molecule has 1 saturated carbocycles. The summed E-state index contributed by atoms with van der Waals surface area (Å²) >= 11 is 0. The third-order valence-corrected chi connectivity index (χ3v) is 15.3. The Morgan fingerprint density at radius 2 is 1.56 bits per heavy atom. The molecule has 4 aliphatic rings. The number of aliphatic hydroxyl groups excluding tert-OH is 1. The highest BCUT2D eigenvalue weighted by atomic mass is 16.6. The number of nitrogens with zero attached hydrogens (tertiary/aromatic N) is 1. The average molecular weight is 1000 g/mol. The Labute approximate surface area is 426 Å². The number of hydrogen-bond donors (Lipinski definition) is 2. The number of ether oxygens (including phenoxy) is 7. The molecule has 14 heteroatoms. The topological polar surface area (TPSA) is 177 Å². The van der Waals surface area contributed by atoms with Gasteiger partial charge in [0.2, 0.25) is 5.79 Å². The fourth-order valence-corrected chi connectivity index (χ4v) is 10.7. The smallest absolute Gasteiger partial charge is 0.329 e. The van der Waals surface area contributed by atoms with Crippen LogP contribution < -0.4 is 0 Å². The number of carbonyl (C=O) groups is 4. The molecule has 2 N–H and O–H groups in total. The number of carbonyl (C=O) groups excluding carboxylic acids is 4. The summed E-state index contributed by atoms with van der Waals surface area (Å²) in [6, 6.07) is -1.11. The molecule has 2 bridgehead atoms. The van der Waals surface area contributed by atoms with Crippen molar-refractivity contribution in [1.82, 2.24) is 4.90 Å². The van der Waals surface area contributed by atoms with E-state index in [1.807, 2.05) is 52.0 Å². The van der Waals surface area contributed by atoms with Gasteiger partial charge in [0.25, 0.3) is 11.7 Å². The number of rotatable bonds is 10. The van der Waals surface area contributed by atoms with Crippen molar-refractivity contribution in [2.24, 2.45) is 35.5 Å². The molecule has 3 aliphatic heterocycles. The van der Waals surface area contributed by atoms with Crippen LogP contribution in [0.5, 0.6) is 0 Å². The van der Waals surface area contributed by atoms with E-state index in [2.05, 4.69) is 26.5 Å². The van der Waals surface area contributed by atoms with E-state index in [1.165, 1.54) is 4.90 Å². The van der Waals surface area contributed by atoms with Crippen molar-refractivity contribution in [2.45, 2.75) is 194 Å². The zero-order valence-corrected chi connectivity index (χ0v) is 45.7. The highest BCUT2D eigenvalue weighted by Gasteiger charge is 2.53. The normalized spacial score (nSPS) is 37.8. The van der Waals surface area contributed by atoms with Crippen LogP contribution in [-0.4, -0.2) is 141 Å². The molecule has 0 radical (unpaired) electrons. The molecule has 0 aromatic rings. The second kappa shape index (κ2) is 30.8. The second-order valence-corrected chi connectivity index (χ2v) is 20.6. The molecule has 4 rings (SSSR count). The van der Waals surface area contributed by atoms with Gasteiger partial charge in [0, 0.05) is 59.7 Å². The van der Waals surface area contributed by atoms with E-state index in [1.54, 1.807) is 55.3 Å². The summed E-state index contributed by atoms with van der Waals surface area (Å²) in [7, 11) is 6.46. The van der Waals surface area contributed by atoms with Gasteiger partial charge in [-0.1, -0.05) is 91.5 Å². The maximum absolute atomic E-state index is 14.5. The molecule has 14 nitrogen and oxygen atoms in total. The first-order valence-corrected chi connectivity index (χ1v) is 26.5. The van der Waals surface area contributed by atoms with Crippen LogP contribution in [0.2, 0.25) is 0 Å². The molecule has 0 aromatic carbocycles. The van der Waals surface area contributed by atoms with Crippen molar-refractivity contribution in [2.75, 3.05) is 48.2 Å². The van der Waals surface area contributed by atoms with Crippen LogP contribution in [-0.2, 0) is 52.3 Å². The number of fused-ring (bicyclic) bond motifs is 3. The van der Waals surface area contributed by atoms with Gasteiger partial charge < -0.3 is 48.3 Å². The first kappa shape index (κ1) is 62.0. The van der Waals surface area contributed by atoms with Crippen LogP contribution in [0.4, 0.5) is 0 Å². The number of Topliss-reactive ketones (excluding diaryl/α,β-unsaturated/α-hetero) is 2. The minimum absolute atomic E-state index is 0.00314. The van der Waals surface area contributed by atoms with Gasteiger partial charge in [0.15, 0.2) is 0 Å². The minimum atomic E-state index is -2.41. The quantitative estimate of drug-likeness (QED) is 0.0920. The number of hydrogen-bond acceptors (Lipinski definition) is 13. The second-order valence-electron chi connectivity index (χ2n) is 20.6. The van der Waals surface area contributed by atoms with Crippen LogP contribution in [0.15, 0.2) is 59.8 Å². The Morgan fingerprint density at radius 3 is 2.23 bits per heavy atom. The van der Waals surface area contributed by atoms with Gasteiger partial charge >= 0.3 is 5.97 Å². The predicted octanol–water partition coefficient (Wildman–Crippen LogP) is 8.86. The molecule has 0 unspecified atom stereocenters. The molecule has 404 valence electrons. The monoisotopic (exact) mass is 1000 g/mol. The number of methoxy groups -OCH3 is 4. The summed E-state index contributed by atoms with van der Waals surface area (Å²) in [5.74, 6) is -6.69. The Kier molecular flexibility index (Phi) is 26.8. The maximum Gasteiger partial charge on any atom is 0.329 e. The van der Waals surface area contributed by atoms with Gasteiger partial charge in [0.05, 0.1) is 37.6 Å². The van der Waals surface area contributed by atoms with Gasteiger partial charge in [-0.05, 0) is 118 Å². The fourth-order valence-electron chi connectivity index (χ4n) is 10.7. The first-order chi connectivity index (χ1) is 33.8. The summed E-state index contributed by atoms with van der Waals surface area (Å²) in [6.45, 7) is 22.8. The minimum Gasteiger partial charge on any atom is -0.460 e. The maximum atomic E-state index is 14.5. The molecule has 71 heavy (non-hydrogen) atoms. The standard InChI is InChI=1S/C55H87NO13.C2H6/c1-34-18-14-13-15-19-35(2)47(64-10)32-43-23-21-40(7)55(62,69-43)52(59)53(60)56-25-17-16-20-44(56)54(61)68-48(38(5)30-42-22-24-46(49(31-42)65-11)67-27-26-63-9)33-45(57)37(4)29-39(6)50(58)51(66-12)41(8)36(3)28-34;1-2/h13-15,18-19,29,34,36-38,40,42-44,46-51,58,62H,8,16-17,20-28,30-33H2,1-7,9-12H3;1-2H3/b15-13+,18-14+,35-19+,39-29+;/t34-,36-,37-,38-,40-,42+,43+,44+,46-,47+,48+,49-,50-,51+,55-;/m1./s1. The van der Waals surface area contributed by atoms with Crippen molar-refractivity contribution < 1.29 is 62.5 Å². The average Bonchev–Trinajstić information content (AvgIpc) is 3.36. The molecule has 15 atom stereocenters. The Hall–Kier alpha value is -3.34. The fraction of sp³-hybridized carbons (Fsp3) is 0.754. The third kappa shape index (κ3) is 17.6. The highest BCUT2D eigenvalue weighted by molar-refractivity contribution is 6.39. The number of esters is 1. The zero-order chi connectivity index (χ0) is 53.0. The summed E-state index contributed by atoms with van der Waals surface area (Å²) in [5, 5.41) is 23.7. The molecular weight excluding hydrogens is 907 g/mol. The van der Waals surface area contributed by atoms with E-state index in [0.717, 1.165) is 36.8 Å². The molecule has 0 aromatic heterocycles. The van der Waals surface area contributed by atoms with E-state index in [-0.39, 0.29) is 67.2 Å². The number of amides is 1. The molecule has 3 fully saturated rings. The summed E-state index contributed by atoms with van der Waals surface area (Å²) in [5.41, 5.74) is 2.22. The largest absolute Gasteiger partial charge is 0.460 e. The van der Waals surface area contributed by atoms with E-state index < -0.39 is 65.7 Å². The van der Waals surface area contributed by atoms with Crippen molar-refractivity contribution in [3.8, 4) is 0 Å². The lowest BCUT2D eigenvalue weighted by Gasteiger charge is -2.42. The lowest BCUT2D eigenvalue weighted by molar-refractivity contribution is -0.265. The van der Waals surface area contributed by atoms with Gasteiger partial charge in [-0.15, -0.1) is 0 Å². The third-order valence-electron chi connectivity index (χ3n) is 15.3. The number of piperidine rings is 1.